The summed E-state index contributed by atoms with van der Waals surface area (Å²) in [4.78, 5) is 0. The van der Waals surface area contributed by atoms with Gasteiger partial charge in [0.25, 0.3) is 0 Å². The van der Waals surface area contributed by atoms with Gasteiger partial charge in [-0.1, -0.05) is 11.6 Å². The Bertz CT molecular complexity index is 367. The van der Waals surface area contributed by atoms with Crippen LogP contribution >= 0.6 is 11.6 Å². The predicted molar refractivity (Wildman–Crippen MR) is 73.0 cm³/mol. The molecule has 0 saturated carbocycles. The zero-order chi connectivity index (χ0) is 12.8. The number of nitrogens with two attached hydrogens (primary N) is 1. The van der Waals surface area contributed by atoms with Crippen molar-refractivity contribution in [1.29, 1.82) is 0 Å². The summed E-state index contributed by atoms with van der Waals surface area (Å²) in [6.07, 6.45) is 0.947. The fourth-order valence-electron chi connectivity index (χ4n) is 1.67. The molecular formula is C13H21ClN2O. The molecule has 0 saturated heterocycles. The molecule has 3 nitrogen and oxygen atoms in total. The van der Waals surface area contributed by atoms with Crippen LogP contribution in [-0.2, 0) is 6.42 Å². The maximum Gasteiger partial charge on any atom is 0.137 e. The highest BCUT2D eigenvalue weighted by Crippen LogP contribution is 2.27. The van der Waals surface area contributed by atoms with Gasteiger partial charge in [0.1, 0.15) is 5.75 Å². The number of methoxy groups -OCH3 is 1. The van der Waals surface area contributed by atoms with Crippen molar-refractivity contribution < 1.29 is 4.74 Å². The molecule has 0 spiro atoms. The molecule has 3 N–H and O–H groups in total. The van der Waals surface area contributed by atoms with E-state index < -0.39 is 0 Å². The SMILES string of the molecule is COc1cc(C)c(CCNCC(C)N)cc1Cl. The fourth-order valence-corrected chi connectivity index (χ4v) is 1.94. The molecule has 0 heterocycles. The molecule has 0 bridgehead atoms. The maximum absolute atomic E-state index is 6.10. The number of benzene rings is 1. The van der Waals surface area contributed by atoms with Crippen molar-refractivity contribution in [2.75, 3.05) is 20.2 Å². The Kier molecular flexibility index (Phi) is 5.75. The Morgan fingerprint density at radius 1 is 1.47 bits per heavy atom. The van der Waals surface area contributed by atoms with Crippen LogP contribution in [0.15, 0.2) is 12.1 Å². The second kappa shape index (κ2) is 6.84. The van der Waals surface area contributed by atoms with Gasteiger partial charge < -0.3 is 15.8 Å². The van der Waals surface area contributed by atoms with Gasteiger partial charge in [-0.3, -0.25) is 0 Å². The summed E-state index contributed by atoms with van der Waals surface area (Å²) in [7, 11) is 1.63. The number of hydrogen-bond acceptors (Lipinski definition) is 3. The molecule has 1 rings (SSSR count). The minimum atomic E-state index is 0.190. The van der Waals surface area contributed by atoms with Crippen LogP contribution in [0.2, 0.25) is 5.02 Å². The van der Waals surface area contributed by atoms with E-state index in [0.29, 0.717) is 5.02 Å². The normalized spacial score (nSPS) is 12.5. The Morgan fingerprint density at radius 2 is 2.18 bits per heavy atom. The zero-order valence-corrected chi connectivity index (χ0v) is 11.5. The van der Waals surface area contributed by atoms with E-state index in [0.717, 1.165) is 25.3 Å². The van der Waals surface area contributed by atoms with Crippen molar-refractivity contribution in [3.8, 4) is 5.75 Å². The topological polar surface area (TPSA) is 47.3 Å². The first-order valence-corrected chi connectivity index (χ1v) is 6.21. The van der Waals surface area contributed by atoms with Crippen molar-refractivity contribution >= 4 is 11.6 Å². The third-order valence-corrected chi connectivity index (χ3v) is 2.94. The minimum Gasteiger partial charge on any atom is -0.495 e. The molecule has 0 aliphatic carbocycles. The molecule has 0 radical (unpaired) electrons. The highest BCUT2D eigenvalue weighted by atomic mass is 35.5. The average molecular weight is 257 g/mol. The van der Waals surface area contributed by atoms with Crippen LogP contribution in [0.3, 0.4) is 0 Å². The van der Waals surface area contributed by atoms with Crippen LogP contribution in [0.4, 0.5) is 0 Å². The van der Waals surface area contributed by atoms with Gasteiger partial charge in [-0.2, -0.15) is 0 Å². The van der Waals surface area contributed by atoms with E-state index in [2.05, 4.69) is 12.2 Å². The molecule has 0 aromatic heterocycles. The first-order valence-electron chi connectivity index (χ1n) is 5.84. The summed E-state index contributed by atoms with van der Waals surface area (Å²) >= 11 is 6.10. The van der Waals surface area contributed by atoms with Crippen LogP contribution < -0.4 is 15.8 Å². The number of nitrogens with one attached hydrogen (secondary N) is 1. The Balaban J connectivity index is 2.56. The van der Waals surface area contributed by atoms with Crippen LogP contribution in [0, 0.1) is 6.92 Å². The lowest BCUT2D eigenvalue weighted by atomic mass is 10.1. The van der Waals surface area contributed by atoms with Crippen LogP contribution in [0.25, 0.3) is 0 Å². The third-order valence-electron chi connectivity index (χ3n) is 2.65. The molecule has 1 unspecified atom stereocenters. The Hall–Kier alpha value is -0.770. The van der Waals surface area contributed by atoms with Crippen molar-refractivity contribution in [2.24, 2.45) is 5.73 Å². The molecule has 1 atom stereocenters. The number of ether oxygens (including phenoxy) is 1. The van der Waals surface area contributed by atoms with Gasteiger partial charge in [0.15, 0.2) is 0 Å². The first-order chi connectivity index (χ1) is 8.04. The molecule has 0 aliphatic heterocycles. The van der Waals surface area contributed by atoms with Crippen molar-refractivity contribution in [2.45, 2.75) is 26.3 Å². The van der Waals surface area contributed by atoms with Gasteiger partial charge in [0.2, 0.25) is 0 Å². The molecule has 0 fully saturated rings. The standard InChI is InChI=1S/C13H21ClN2O/c1-9-6-13(17-3)12(14)7-11(9)4-5-16-8-10(2)15/h6-7,10,16H,4-5,8,15H2,1-3H3. The maximum atomic E-state index is 6.10. The number of aryl methyl sites for hydroxylation is 1. The van der Waals surface area contributed by atoms with Gasteiger partial charge in [-0.25, -0.2) is 0 Å². The highest BCUT2D eigenvalue weighted by molar-refractivity contribution is 6.32. The number of rotatable bonds is 6. The smallest absolute Gasteiger partial charge is 0.137 e. The van der Waals surface area contributed by atoms with Crippen molar-refractivity contribution in [3.63, 3.8) is 0 Å². The summed E-state index contributed by atoms with van der Waals surface area (Å²) in [6.45, 7) is 5.80. The molecule has 17 heavy (non-hydrogen) atoms. The minimum absolute atomic E-state index is 0.190. The Labute approximate surface area is 108 Å². The van der Waals surface area contributed by atoms with Crippen molar-refractivity contribution in [3.05, 3.63) is 28.3 Å². The van der Waals surface area contributed by atoms with E-state index in [1.807, 2.05) is 19.1 Å². The number of hydrogen-bond donors (Lipinski definition) is 2. The fraction of sp³-hybridized carbons (Fsp3) is 0.538. The summed E-state index contributed by atoms with van der Waals surface area (Å²) in [5.41, 5.74) is 8.11. The van der Waals surface area contributed by atoms with E-state index in [1.165, 1.54) is 11.1 Å². The lowest BCUT2D eigenvalue weighted by Crippen LogP contribution is -2.32. The molecule has 1 aromatic carbocycles. The Morgan fingerprint density at radius 3 is 2.76 bits per heavy atom. The lowest BCUT2D eigenvalue weighted by molar-refractivity contribution is 0.414. The van der Waals surface area contributed by atoms with Gasteiger partial charge >= 0.3 is 0 Å². The molecule has 0 amide bonds. The summed E-state index contributed by atoms with van der Waals surface area (Å²) in [5.74, 6) is 0.733. The van der Waals surface area contributed by atoms with E-state index >= 15 is 0 Å². The second-order valence-corrected chi connectivity index (χ2v) is 4.75. The van der Waals surface area contributed by atoms with Crippen LogP contribution in [-0.4, -0.2) is 26.2 Å². The summed E-state index contributed by atoms with van der Waals surface area (Å²) in [6, 6.07) is 4.14. The van der Waals surface area contributed by atoms with E-state index in [-0.39, 0.29) is 6.04 Å². The highest BCUT2D eigenvalue weighted by Gasteiger charge is 2.06. The second-order valence-electron chi connectivity index (χ2n) is 4.34. The zero-order valence-electron chi connectivity index (χ0n) is 10.7. The summed E-state index contributed by atoms with van der Waals surface area (Å²) < 4.78 is 5.17. The van der Waals surface area contributed by atoms with Gasteiger partial charge in [0, 0.05) is 12.6 Å². The van der Waals surface area contributed by atoms with E-state index in [9.17, 15) is 0 Å². The third kappa shape index (κ3) is 4.54. The first kappa shape index (κ1) is 14.3. The monoisotopic (exact) mass is 256 g/mol. The van der Waals surface area contributed by atoms with Crippen molar-refractivity contribution in [1.82, 2.24) is 5.32 Å². The van der Waals surface area contributed by atoms with Gasteiger partial charge in [-0.05, 0) is 50.1 Å². The molecule has 96 valence electrons. The average Bonchev–Trinajstić information content (AvgIpc) is 2.28. The predicted octanol–water partition coefficient (Wildman–Crippen LogP) is 2.14. The summed E-state index contributed by atoms with van der Waals surface area (Å²) in [5, 5.41) is 3.98. The molecule has 4 heteroatoms. The largest absolute Gasteiger partial charge is 0.495 e. The van der Waals surface area contributed by atoms with Gasteiger partial charge in [0.05, 0.1) is 12.1 Å². The van der Waals surface area contributed by atoms with Crippen LogP contribution in [0.5, 0.6) is 5.75 Å². The quantitative estimate of drug-likeness (QED) is 0.767. The molecule has 0 aliphatic rings. The van der Waals surface area contributed by atoms with Gasteiger partial charge in [-0.15, -0.1) is 0 Å². The lowest BCUT2D eigenvalue weighted by Gasteiger charge is -2.11. The molecule has 1 aromatic rings. The van der Waals surface area contributed by atoms with E-state index in [4.69, 9.17) is 22.1 Å². The molecular weight excluding hydrogens is 236 g/mol. The van der Waals surface area contributed by atoms with Crippen LogP contribution in [0.1, 0.15) is 18.1 Å². The van der Waals surface area contributed by atoms with E-state index in [1.54, 1.807) is 7.11 Å². The number of halogens is 1.